The van der Waals surface area contributed by atoms with Gasteiger partial charge in [-0.05, 0) is 51.0 Å². The van der Waals surface area contributed by atoms with Gasteiger partial charge >= 0.3 is 5.69 Å². The third-order valence-corrected chi connectivity index (χ3v) is 4.75. The molecular formula is C16H19N3O3S. The first-order valence-corrected chi connectivity index (χ1v) is 8.58. The van der Waals surface area contributed by atoms with E-state index in [9.17, 15) is 9.59 Å². The van der Waals surface area contributed by atoms with Gasteiger partial charge in [-0.15, -0.1) is 5.10 Å². The fraction of sp³-hybridized carbons (Fsp3) is 0.438. The lowest BCUT2D eigenvalue weighted by molar-refractivity contribution is 0.0994. The van der Waals surface area contributed by atoms with Crippen molar-refractivity contribution < 1.29 is 9.53 Å². The van der Waals surface area contributed by atoms with Crippen molar-refractivity contribution >= 4 is 17.5 Å². The molecule has 122 valence electrons. The number of benzene rings is 1. The van der Waals surface area contributed by atoms with E-state index >= 15 is 0 Å². The van der Waals surface area contributed by atoms with Crippen LogP contribution in [0.15, 0.2) is 34.2 Å². The van der Waals surface area contributed by atoms with E-state index in [1.807, 2.05) is 13.8 Å². The Morgan fingerprint density at radius 1 is 1.43 bits per heavy atom. The number of nitrogens with one attached hydrogen (secondary N) is 1. The molecule has 1 fully saturated rings. The molecule has 0 spiro atoms. The molecule has 0 bridgehead atoms. The SMILES string of the molecule is CCOc1ccc(C(=O)[C@@H](C)Sc2n[nH]c(=O)n2C2CC2)cc1. The van der Waals surface area contributed by atoms with Gasteiger partial charge in [-0.1, -0.05) is 11.8 Å². The maximum Gasteiger partial charge on any atom is 0.344 e. The van der Waals surface area contributed by atoms with Crippen LogP contribution in [-0.4, -0.2) is 32.4 Å². The van der Waals surface area contributed by atoms with Crippen LogP contribution in [-0.2, 0) is 0 Å². The maximum absolute atomic E-state index is 12.5. The highest BCUT2D eigenvalue weighted by Gasteiger charge is 2.30. The van der Waals surface area contributed by atoms with E-state index in [0.29, 0.717) is 17.3 Å². The van der Waals surface area contributed by atoms with Gasteiger partial charge in [0.2, 0.25) is 0 Å². The molecule has 7 heteroatoms. The maximum atomic E-state index is 12.5. The van der Waals surface area contributed by atoms with Crippen LogP contribution in [0.1, 0.15) is 43.1 Å². The third kappa shape index (κ3) is 3.50. The molecule has 1 heterocycles. The van der Waals surface area contributed by atoms with Gasteiger partial charge in [-0.25, -0.2) is 9.89 Å². The van der Waals surface area contributed by atoms with Crippen molar-refractivity contribution in [3.8, 4) is 5.75 Å². The highest BCUT2D eigenvalue weighted by atomic mass is 32.2. The van der Waals surface area contributed by atoms with Crippen LogP contribution in [0, 0.1) is 0 Å². The molecule has 2 aromatic rings. The van der Waals surface area contributed by atoms with Gasteiger partial charge in [0.25, 0.3) is 0 Å². The number of carbonyl (C=O) groups excluding carboxylic acids is 1. The zero-order chi connectivity index (χ0) is 16.4. The average molecular weight is 333 g/mol. The lowest BCUT2D eigenvalue weighted by Gasteiger charge is -2.11. The standard InChI is InChI=1S/C16H19N3O3S/c1-3-22-13-8-4-11(5-9-13)14(20)10(2)23-16-18-17-15(21)19(16)12-6-7-12/h4-5,8-10,12H,3,6-7H2,1-2H3,(H,17,21)/t10-/m1/s1. The molecule has 23 heavy (non-hydrogen) atoms. The van der Waals surface area contributed by atoms with Crippen molar-refractivity contribution in [1.29, 1.82) is 0 Å². The Morgan fingerprint density at radius 3 is 2.74 bits per heavy atom. The number of H-pyrrole nitrogens is 1. The van der Waals surface area contributed by atoms with Crippen LogP contribution in [0.5, 0.6) is 5.75 Å². The van der Waals surface area contributed by atoms with Crippen LogP contribution in [0.25, 0.3) is 0 Å². The van der Waals surface area contributed by atoms with Crippen LogP contribution in [0.3, 0.4) is 0 Å². The van der Waals surface area contributed by atoms with Gasteiger partial charge in [0.1, 0.15) is 5.75 Å². The number of hydrogen-bond donors (Lipinski definition) is 1. The van der Waals surface area contributed by atoms with Gasteiger partial charge in [-0.3, -0.25) is 9.36 Å². The number of nitrogens with zero attached hydrogens (tertiary/aromatic N) is 2. The van der Waals surface area contributed by atoms with Gasteiger partial charge in [0, 0.05) is 11.6 Å². The van der Waals surface area contributed by atoms with E-state index in [4.69, 9.17) is 4.74 Å². The van der Waals surface area contributed by atoms with Crippen molar-refractivity contribution in [1.82, 2.24) is 14.8 Å². The quantitative estimate of drug-likeness (QED) is 0.623. The van der Waals surface area contributed by atoms with Crippen molar-refractivity contribution in [3.05, 3.63) is 40.3 Å². The summed E-state index contributed by atoms with van der Waals surface area (Å²) in [5, 5.41) is 6.79. The summed E-state index contributed by atoms with van der Waals surface area (Å²) in [6.07, 6.45) is 1.99. The number of aromatic nitrogens is 3. The van der Waals surface area contributed by atoms with E-state index < -0.39 is 0 Å². The minimum absolute atomic E-state index is 0.0100. The molecule has 1 N–H and O–H groups in total. The van der Waals surface area contributed by atoms with E-state index in [1.54, 1.807) is 28.8 Å². The molecule has 1 aromatic heterocycles. The predicted octanol–water partition coefficient (Wildman–Crippen LogP) is 2.67. The number of ketones is 1. The second-order valence-corrected chi connectivity index (χ2v) is 6.80. The molecule has 1 atom stereocenters. The zero-order valence-corrected chi connectivity index (χ0v) is 13.9. The van der Waals surface area contributed by atoms with Crippen molar-refractivity contribution in [3.63, 3.8) is 0 Å². The van der Waals surface area contributed by atoms with Crippen LogP contribution >= 0.6 is 11.8 Å². The Hall–Kier alpha value is -2.02. The van der Waals surface area contributed by atoms with Gasteiger partial charge < -0.3 is 4.74 Å². The van der Waals surface area contributed by atoms with E-state index in [1.165, 1.54) is 11.8 Å². The summed E-state index contributed by atoms with van der Waals surface area (Å²) in [4.78, 5) is 24.3. The van der Waals surface area contributed by atoms with Crippen molar-refractivity contribution in [2.45, 2.75) is 43.1 Å². The smallest absolute Gasteiger partial charge is 0.344 e. The van der Waals surface area contributed by atoms with Crippen LogP contribution in [0.4, 0.5) is 0 Å². The Kier molecular flexibility index (Phi) is 4.56. The summed E-state index contributed by atoms with van der Waals surface area (Å²) in [5.74, 6) is 0.759. The number of carbonyl (C=O) groups is 1. The van der Waals surface area contributed by atoms with Crippen molar-refractivity contribution in [2.75, 3.05) is 6.61 Å². The fourth-order valence-corrected chi connectivity index (χ4v) is 3.36. The summed E-state index contributed by atoms with van der Waals surface area (Å²) in [5.41, 5.74) is 0.431. The molecule has 0 radical (unpaired) electrons. The van der Waals surface area contributed by atoms with E-state index in [2.05, 4.69) is 10.2 Å². The lowest BCUT2D eigenvalue weighted by atomic mass is 10.1. The largest absolute Gasteiger partial charge is 0.494 e. The summed E-state index contributed by atoms with van der Waals surface area (Å²) in [6, 6.07) is 7.36. The first kappa shape index (κ1) is 15.9. The molecular weight excluding hydrogens is 314 g/mol. The number of aromatic amines is 1. The topological polar surface area (TPSA) is 77.0 Å². The fourth-order valence-electron chi connectivity index (χ4n) is 2.36. The second-order valence-electron chi connectivity index (χ2n) is 5.49. The highest BCUT2D eigenvalue weighted by Crippen LogP contribution is 2.37. The normalized spacial score (nSPS) is 15.4. The molecule has 0 amide bonds. The molecule has 1 aliphatic rings. The number of hydrogen-bond acceptors (Lipinski definition) is 5. The predicted molar refractivity (Wildman–Crippen MR) is 88.4 cm³/mol. The summed E-state index contributed by atoms with van der Waals surface area (Å²) < 4.78 is 7.04. The molecule has 0 saturated heterocycles. The third-order valence-electron chi connectivity index (χ3n) is 3.69. The molecule has 1 aromatic carbocycles. The minimum Gasteiger partial charge on any atom is -0.494 e. The number of thioether (sulfide) groups is 1. The van der Waals surface area contributed by atoms with Crippen LogP contribution in [0.2, 0.25) is 0 Å². The molecule has 3 rings (SSSR count). The van der Waals surface area contributed by atoms with E-state index in [0.717, 1.165) is 18.6 Å². The van der Waals surface area contributed by atoms with Gasteiger partial charge in [0.15, 0.2) is 10.9 Å². The van der Waals surface area contributed by atoms with Crippen molar-refractivity contribution in [2.24, 2.45) is 0 Å². The summed E-state index contributed by atoms with van der Waals surface area (Å²) in [6.45, 7) is 4.35. The Bertz CT molecular complexity index is 747. The first-order chi connectivity index (χ1) is 11.1. The Morgan fingerprint density at radius 2 is 2.13 bits per heavy atom. The Labute approximate surface area is 138 Å². The molecule has 1 saturated carbocycles. The second kappa shape index (κ2) is 6.62. The monoisotopic (exact) mass is 333 g/mol. The number of ether oxygens (including phenoxy) is 1. The molecule has 1 aliphatic carbocycles. The zero-order valence-electron chi connectivity index (χ0n) is 13.1. The minimum atomic E-state index is -0.319. The number of rotatable bonds is 7. The van der Waals surface area contributed by atoms with E-state index in [-0.39, 0.29) is 22.8 Å². The van der Waals surface area contributed by atoms with Gasteiger partial charge in [0.05, 0.1) is 11.9 Å². The lowest BCUT2D eigenvalue weighted by Crippen LogP contribution is -2.18. The average Bonchev–Trinajstić information content (AvgIpc) is 3.32. The molecule has 0 aliphatic heterocycles. The molecule has 0 unspecified atom stereocenters. The number of Topliss-reactive ketones (excluding diaryl/α,β-unsaturated/α-hetero) is 1. The Balaban J connectivity index is 1.71. The van der Waals surface area contributed by atoms with Crippen LogP contribution < -0.4 is 10.4 Å². The van der Waals surface area contributed by atoms with Gasteiger partial charge in [-0.2, -0.15) is 0 Å². The summed E-state index contributed by atoms with van der Waals surface area (Å²) >= 11 is 1.32. The highest BCUT2D eigenvalue weighted by molar-refractivity contribution is 8.00. The first-order valence-electron chi connectivity index (χ1n) is 7.70. The molecule has 6 nitrogen and oxygen atoms in total. The summed E-state index contributed by atoms with van der Waals surface area (Å²) in [7, 11) is 0.